The van der Waals surface area contributed by atoms with Crippen LogP contribution in [0.25, 0.3) is 0 Å². The molecule has 2 amide bonds. The molecule has 0 aliphatic carbocycles. The second-order valence-electron chi connectivity index (χ2n) is 5.97. The van der Waals surface area contributed by atoms with E-state index in [1.54, 1.807) is 0 Å². The van der Waals surface area contributed by atoms with Gasteiger partial charge < -0.3 is 14.8 Å². The lowest BCUT2D eigenvalue weighted by molar-refractivity contribution is 0.107. The van der Waals surface area contributed by atoms with E-state index in [0.29, 0.717) is 5.70 Å². The van der Waals surface area contributed by atoms with Crippen LogP contribution in [0.2, 0.25) is 0 Å². The maximum Gasteiger partial charge on any atom is 0.414 e. The zero-order chi connectivity index (χ0) is 20.9. The molecule has 154 valence electrons. The Labute approximate surface area is 170 Å². The summed E-state index contributed by atoms with van der Waals surface area (Å²) in [5.41, 5.74) is 4.70. The summed E-state index contributed by atoms with van der Waals surface area (Å²) in [4.78, 5) is 30.3. The lowest BCUT2D eigenvalue weighted by Crippen LogP contribution is -2.35. The third kappa shape index (κ3) is 7.94. The minimum Gasteiger partial charge on any atom is -0.445 e. The molecule has 0 bridgehead atoms. The van der Waals surface area contributed by atoms with E-state index in [0.717, 1.165) is 11.1 Å². The highest BCUT2D eigenvalue weighted by atomic mass is 16.6. The monoisotopic (exact) mass is 399 g/mol. The minimum absolute atomic E-state index is 0.0287. The molecule has 8 heteroatoms. The fraction of sp³-hybridized carbons (Fsp3) is 0.238. The Bertz CT molecular complexity index is 796. The molecule has 0 unspecified atom stereocenters. The van der Waals surface area contributed by atoms with Gasteiger partial charge in [-0.1, -0.05) is 60.7 Å². The fourth-order valence-electron chi connectivity index (χ4n) is 2.26. The van der Waals surface area contributed by atoms with Crippen LogP contribution in [0.5, 0.6) is 0 Å². The summed E-state index contributed by atoms with van der Waals surface area (Å²) in [5, 5.41) is 2.60. The number of nitrogens with zero attached hydrogens (tertiary/aromatic N) is 1. The number of ether oxygens (including phenoxy) is 2. The highest BCUT2D eigenvalue weighted by molar-refractivity contribution is 5.71. The van der Waals surface area contributed by atoms with Crippen LogP contribution in [0.1, 0.15) is 11.1 Å². The van der Waals surface area contributed by atoms with Crippen molar-refractivity contribution >= 4 is 12.2 Å². The zero-order valence-electron chi connectivity index (χ0n) is 16.5. The van der Waals surface area contributed by atoms with Crippen molar-refractivity contribution in [2.75, 3.05) is 20.7 Å². The number of likely N-dealkylation sites (N-methyl/N-ethyl adjacent to an activating group) is 1. The van der Waals surface area contributed by atoms with Gasteiger partial charge in [-0.15, -0.1) is 0 Å². The molecular formula is C21H25N3O5. The molecule has 29 heavy (non-hydrogen) atoms. The van der Waals surface area contributed by atoms with Crippen LogP contribution in [0.15, 0.2) is 72.6 Å². The van der Waals surface area contributed by atoms with Gasteiger partial charge in [0.1, 0.15) is 13.2 Å². The number of hydrogen-bond acceptors (Lipinski definition) is 6. The Balaban J connectivity index is 1.85. The van der Waals surface area contributed by atoms with E-state index >= 15 is 0 Å². The molecule has 0 spiro atoms. The van der Waals surface area contributed by atoms with Crippen molar-refractivity contribution in [3.8, 4) is 0 Å². The van der Waals surface area contributed by atoms with Crippen LogP contribution in [0, 0.1) is 0 Å². The van der Waals surface area contributed by atoms with E-state index < -0.39 is 12.2 Å². The normalized spacial score (nSPS) is 10.8. The smallest absolute Gasteiger partial charge is 0.414 e. The van der Waals surface area contributed by atoms with Gasteiger partial charge in [0.25, 0.3) is 0 Å². The molecule has 2 aromatic rings. The van der Waals surface area contributed by atoms with E-state index in [1.165, 1.54) is 25.3 Å². The predicted octanol–water partition coefficient (Wildman–Crippen LogP) is 3.17. The molecular weight excluding hydrogens is 374 g/mol. The highest BCUT2D eigenvalue weighted by Gasteiger charge is 2.16. The predicted molar refractivity (Wildman–Crippen MR) is 107 cm³/mol. The van der Waals surface area contributed by atoms with E-state index in [4.69, 9.17) is 14.3 Å². The summed E-state index contributed by atoms with van der Waals surface area (Å²) >= 11 is 0. The van der Waals surface area contributed by atoms with Gasteiger partial charge in [-0.2, -0.15) is 0 Å². The van der Waals surface area contributed by atoms with Gasteiger partial charge in [0, 0.05) is 13.2 Å². The largest absolute Gasteiger partial charge is 0.445 e. The Hall–Kier alpha value is -3.52. The molecule has 0 atom stereocenters. The molecule has 0 aliphatic heterocycles. The first kappa shape index (κ1) is 21.8. The Kier molecular flexibility index (Phi) is 9.04. The first-order valence-corrected chi connectivity index (χ1v) is 8.96. The lowest BCUT2D eigenvalue weighted by Gasteiger charge is -2.21. The maximum absolute atomic E-state index is 12.3. The van der Waals surface area contributed by atoms with Crippen LogP contribution >= 0.6 is 0 Å². The summed E-state index contributed by atoms with van der Waals surface area (Å²) in [6.45, 7) is 0.319. The molecule has 0 radical (unpaired) electrons. The Morgan fingerprint density at radius 2 is 1.48 bits per heavy atom. The van der Waals surface area contributed by atoms with Gasteiger partial charge in [0.05, 0.1) is 19.4 Å². The molecule has 8 nitrogen and oxygen atoms in total. The maximum atomic E-state index is 12.3. The van der Waals surface area contributed by atoms with Crippen LogP contribution in [-0.4, -0.2) is 37.8 Å². The number of rotatable bonds is 9. The van der Waals surface area contributed by atoms with E-state index in [2.05, 4.69) is 10.8 Å². The molecule has 0 heterocycles. The van der Waals surface area contributed by atoms with Gasteiger partial charge in [-0.25, -0.2) is 9.59 Å². The Morgan fingerprint density at radius 3 is 2.03 bits per heavy atom. The molecule has 0 saturated carbocycles. The first-order chi connectivity index (χ1) is 14.1. The molecule has 2 rings (SSSR count). The van der Waals surface area contributed by atoms with Crippen LogP contribution in [-0.2, 0) is 27.5 Å². The van der Waals surface area contributed by atoms with Crippen molar-refractivity contribution in [2.45, 2.75) is 13.2 Å². The van der Waals surface area contributed by atoms with Gasteiger partial charge >= 0.3 is 12.2 Å². The number of nitrogens with one attached hydrogen (secondary N) is 2. The average molecular weight is 399 g/mol. The molecule has 2 N–H and O–H groups in total. The van der Waals surface area contributed by atoms with Crippen molar-refractivity contribution in [1.82, 2.24) is 15.7 Å². The third-order valence-corrected chi connectivity index (χ3v) is 3.88. The summed E-state index contributed by atoms with van der Waals surface area (Å²) in [7, 11) is 2.97. The van der Waals surface area contributed by atoms with Crippen LogP contribution < -0.4 is 10.8 Å². The molecule has 0 aromatic heterocycles. The second kappa shape index (κ2) is 12.0. The Morgan fingerprint density at radius 1 is 0.931 bits per heavy atom. The number of amides is 2. The third-order valence-electron chi connectivity index (χ3n) is 3.88. The van der Waals surface area contributed by atoms with Gasteiger partial charge in [-0.05, 0) is 11.1 Å². The van der Waals surface area contributed by atoms with Crippen molar-refractivity contribution in [3.05, 3.63) is 83.7 Å². The van der Waals surface area contributed by atoms with Crippen molar-refractivity contribution in [3.63, 3.8) is 0 Å². The van der Waals surface area contributed by atoms with E-state index in [1.807, 2.05) is 60.7 Å². The van der Waals surface area contributed by atoms with Crippen molar-refractivity contribution in [2.24, 2.45) is 0 Å². The van der Waals surface area contributed by atoms with E-state index in [9.17, 15) is 9.59 Å². The SMILES string of the molecule is CONC=C(CNC(=O)OCc1ccccc1)N(C)C(=O)OCc1ccccc1. The quantitative estimate of drug-likeness (QED) is 0.630. The second-order valence-corrected chi connectivity index (χ2v) is 5.97. The number of alkyl carbamates (subject to hydrolysis) is 1. The highest BCUT2D eigenvalue weighted by Crippen LogP contribution is 2.07. The number of carbonyl (C=O) groups excluding carboxylic acids is 2. The summed E-state index contributed by atoms with van der Waals surface area (Å²) < 4.78 is 10.5. The molecule has 0 fully saturated rings. The van der Waals surface area contributed by atoms with Gasteiger partial charge in [0.2, 0.25) is 0 Å². The average Bonchev–Trinajstić information content (AvgIpc) is 2.77. The topological polar surface area (TPSA) is 89.1 Å². The minimum atomic E-state index is -0.608. The standard InChI is InChI=1S/C21H25N3O5/c1-24(21(26)29-16-18-11-7-4-8-12-18)19(14-23-27-2)13-22-20(25)28-15-17-9-5-3-6-10-17/h3-12,14,23H,13,15-16H2,1-2H3,(H,22,25). The van der Waals surface area contributed by atoms with Crippen molar-refractivity contribution < 1.29 is 23.9 Å². The molecule has 0 aliphatic rings. The van der Waals surface area contributed by atoms with Gasteiger partial charge in [-0.3, -0.25) is 15.2 Å². The number of benzene rings is 2. The van der Waals surface area contributed by atoms with Crippen LogP contribution in [0.3, 0.4) is 0 Å². The molecule has 2 aromatic carbocycles. The lowest BCUT2D eigenvalue weighted by atomic mass is 10.2. The van der Waals surface area contributed by atoms with Gasteiger partial charge in [0.15, 0.2) is 0 Å². The molecule has 0 saturated heterocycles. The van der Waals surface area contributed by atoms with E-state index in [-0.39, 0.29) is 19.8 Å². The van der Waals surface area contributed by atoms with Crippen LogP contribution in [0.4, 0.5) is 9.59 Å². The fourth-order valence-corrected chi connectivity index (χ4v) is 2.26. The number of hydrogen-bond donors (Lipinski definition) is 2. The summed E-state index contributed by atoms with van der Waals surface area (Å²) in [6, 6.07) is 18.7. The summed E-state index contributed by atoms with van der Waals surface area (Å²) in [5.74, 6) is 0. The number of hydroxylamine groups is 1. The van der Waals surface area contributed by atoms with Crippen molar-refractivity contribution in [1.29, 1.82) is 0 Å². The summed E-state index contributed by atoms with van der Waals surface area (Å²) in [6.07, 6.45) is 0.266. The zero-order valence-corrected chi connectivity index (χ0v) is 16.5. The first-order valence-electron chi connectivity index (χ1n) is 8.96. The number of carbonyl (C=O) groups is 2.